The van der Waals surface area contributed by atoms with E-state index in [0.29, 0.717) is 11.8 Å². The minimum absolute atomic E-state index is 0.273. The summed E-state index contributed by atoms with van der Waals surface area (Å²) in [6.45, 7) is 1.99. The van der Waals surface area contributed by atoms with E-state index in [2.05, 4.69) is 5.16 Å². The average molecular weight is 128 g/mol. The van der Waals surface area contributed by atoms with Crippen molar-refractivity contribution in [2.24, 2.45) is 22.7 Å². The van der Waals surface area contributed by atoms with Gasteiger partial charge in [0.15, 0.2) is 0 Å². The van der Waals surface area contributed by atoms with Gasteiger partial charge in [0.05, 0.1) is 0 Å². The van der Waals surface area contributed by atoms with E-state index < -0.39 is 0 Å². The van der Waals surface area contributed by atoms with E-state index in [0.717, 1.165) is 0 Å². The van der Waals surface area contributed by atoms with Gasteiger partial charge in [-0.15, -0.1) is 0 Å². The van der Waals surface area contributed by atoms with E-state index in [1.54, 1.807) is 0 Å². The molecule has 0 radical (unpaired) electrons. The maximum absolute atomic E-state index is 8.24. The van der Waals surface area contributed by atoms with Crippen molar-refractivity contribution in [1.29, 1.82) is 0 Å². The van der Waals surface area contributed by atoms with Crippen LogP contribution in [0.25, 0.3) is 0 Å². The van der Waals surface area contributed by atoms with Gasteiger partial charge < -0.3 is 10.9 Å². The largest absolute Gasteiger partial charge is 0.409 e. The first-order valence-corrected chi connectivity index (χ1v) is 3.23. The Morgan fingerprint density at radius 3 is 2.67 bits per heavy atom. The van der Waals surface area contributed by atoms with E-state index >= 15 is 0 Å². The summed E-state index contributed by atoms with van der Waals surface area (Å²) in [7, 11) is 0. The number of amidine groups is 1. The van der Waals surface area contributed by atoms with Crippen LogP contribution in [0.1, 0.15) is 19.8 Å². The summed E-state index contributed by atoms with van der Waals surface area (Å²) in [6.07, 6.45) is 2.47. The first-order chi connectivity index (χ1) is 4.25. The number of nitrogens with two attached hydrogens (primary N) is 1. The molecule has 1 saturated carbocycles. The van der Waals surface area contributed by atoms with Crippen LogP contribution in [-0.4, -0.2) is 11.0 Å². The molecule has 0 aliphatic heterocycles. The molecule has 1 atom stereocenters. The number of nitrogens with zero attached hydrogens (tertiary/aromatic N) is 1. The fraction of sp³-hybridized carbons (Fsp3) is 0.833. The number of rotatable bonds is 2. The molecule has 1 aliphatic carbocycles. The van der Waals surface area contributed by atoms with Crippen LogP contribution in [0.15, 0.2) is 5.16 Å². The Labute approximate surface area is 54.5 Å². The van der Waals surface area contributed by atoms with E-state index in [4.69, 9.17) is 10.9 Å². The molecule has 3 nitrogen and oxygen atoms in total. The minimum atomic E-state index is 0.273. The van der Waals surface area contributed by atoms with Crippen molar-refractivity contribution >= 4 is 5.84 Å². The Hall–Kier alpha value is -0.730. The monoisotopic (exact) mass is 128 g/mol. The van der Waals surface area contributed by atoms with Crippen molar-refractivity contribution in [1.82, 2.24) is 0 Å². The molecular formula is C6H12N2O. The van der Waals surface area contributed by atoms with Crippen LogP contribution in [0.5, 0.6) is 0 Å². The Balaban J connectivity index is 2.40. The third-order valence-corrected chi connectivity index (χ3v) is 1.91. The smallest absolute Gasteiger partial charge is 0.142 e. The van der Waals surface area contributed by atoms with Gasteiger partial charge in [-0.05, 0) is 18.8 Å². The topological polar surface area (TPSA) is 58.6 Å². The maximum atomic E-state index is 8.24. The Bertz CT molecular complexity index is 129. The number of hydrogen-bond acceptors (Lipinski definition) is 2. The number of hydrogen-bond donors (Lipinski definition) is 2. The Morgan fingerprint density at radius 2 is 2.33 bits per heavy atom. The molecule has 3 N–H and O–H groups in total. The molecule has 1 fully saturated rings. The highest BCUT2D eigenvalue weighted by molar-refractivity contribution is 5.82. The molecule has 9 heavy (non-hydrogen) atoms. The molecule has 0 aromatic carbocycles. The van der Waals surface area contributed by atoms with Crippen LogP contribution < -0.4 is 5.73 Å². The van der Waals surface area contributed by atoms with Gasteiger partial charge >= 0.3 is 0 Å². The molecule has 1 unspecified atom stereocenters. The summed E-state index contributed by atoms with van der Waals surface area (Å²) in [6, 6.07) is 0. The van der Waals surface area contributed by atoms with Gasteiger partial charge in [-0.3, -0.25) is 0 Å². The fourth-order valence-electron chi connectivity index (χ4n) is 0.929. The van der Waals surface area contributed by atoms with Gasteiger partial charge in [0.2, 0.25) is 0 Å². The molecule has 3 heteroatoms. The highest BCUT2D eigenvalue weighted by atomic mass is 16.4. The van der Waals surface area contributed by atoms with Crippen molar-refractivity contribution in [2.45, 2.75) is 19.8 Å². The van der Waals surface area contributed by atoms with E-state index in [9.17, 15) is 0 Å². The van der Waals surface area contributed by atoms with Crippen LogP contribution in [-0.2, 0) is 0 Å². The highest BCUT2D eigenvalue weighted by Gasteiger charge is 2.30. The zero-order valence-corrected chi connectivity index (χ0v) is 5.54. The molecule has 0 spiro atoms. The summed E-state index contributed by atoms with van der Waals surface area (Å²) in [5, 5.41) is 11.2. The molecule has 1 rings (SSSR count). The normalized spacial score (nSPS) is 23.9. The lowest BCUT2D eigenvalue weighted by molar-refractivity contribution is 0.313. The second-order valence-corrected chi connectivity index (χ2v) is 2.65. The van der Waals surface area contributed by atoms with E-state index in [1.807, 2.05) is 6.92 Å². The molecule has 0 aromatic heterocycles. The van der Waals surface area contributed by atoms with Gasteiger partial charge in [0.25, 0.3) is 0 Å². The van der Waals surface area contributed by atoms with Crippen LogP contribution in [0.2, 0.25) is 0 Å². The molecule has 52 valence electrons. The zero-order chi connectivity index (χ0) is 6.85. The predicted molar refractivity (Wildman–Crippen MR) is 35.3 cm³/mol. The predicted octanol–water partition coefficient (Wildman–Crippen LogP) is 0.779. The average Bonchev–Trinajstić information content (AvgIpc) is 2.66. The standard InChI is InChI=1S/C6H12N2O/c1-4(5-2-3-5)6(7)8-9/h4-5,9H,2-3H2,1H3,(H2,7,8). The van der Waals surface area contributed by atoms with Crippen LogP contribution in [0, 0.1) is 11.8 Å². The third kappa shape index (κ3) is 1.34. The Kier molecular flexibility index (Phi) is 1.60. The molecule has 0 saturated heterocycles. The first-order valence-electron chi connectivity index (χ1n) is 3.23. The van der Waals surface area contributed by atoms with Crippen LogP contribution in [0.4, 0.5) is 0 Å². The van der Waals surface area contributed by atoms with Crippen molar-refractivity contribution < 1.29 is 5.21 Å². The minimum Gasteiger partial charge on any atom is -0.409 e. The summed E-state index contributed by atoms with van der Waals surface area (Å²) >= 11 is 0. The van der Waals surface area contributed by atoms with Gasteiger partial charge in [-0.25, -0.2) is 0 Å². The first kappa shape index (κ1) is 6.39. The SMILES string of the molecule is CC(/C(N)=N/O)C1CC1. The summed E-state index contributed by atoms with van der Waals surface area (Å²) < 4.78 is 0. The van der Waals surface area contributed by atoms with Gasteiger partial charge in [0, 0.05) is 5.92 Å². The van der Waals surface area contributed by atoms with Crippen LogP contribution in [0.3, 0.4) is 0 Å². The summed E-state index contributed by atoms with van der Waals surface area (Å²) in [5.74, 6) is 1.33. The quantitative estimate of drug-likeness (QED) is 0.250. The summed E-state index contributed by atoms with van der Waals surface area (Å²) in [5.41, 5.74) is 5.36. The molecular weight excluding hydrogens is 116 g/mol. The number of oxime groups is 1. The van der Waals surface area contributed by atoms with E-state index in [1.165, 1.54) is 12.8 Å². The molecule has 0 aromatic rings. The second kappa shape index (κ2) is 2.25. The lowest BCUT2D eigenvalue weighted by Gasteiger charge is -2.04. The molecule has 0 amide bonds. The maximum Gasteiger partial charge on any atom is 0.142 e. The molecule has 1 aliphatic rings. The van der Waals surface area contributed by atoms with E-state index in [-0.39, 0.29) is 5.92 Å². The third-order valence-electron chi connectivity index (χ3n) is 1.91. The van der Waals surface area contributed by atoms with Crippen molar-refractivity contribution in [2.75, 3.05) is 0 Å². The van der Waals surface area contributed by atoms with Gasteiger partial charge in [0.1, 0.15) is 5.84 Å². The van der Waals surface area contributed by atoms with Gasteiger partial charge in [-0.1, -0.05) is 12.1 Å². The molecule has 0 bridgehead atoms. The lowest BCUT2D eigenvalue weighted by atomic mass is 10.1. The fourth-order valence-corrected chi connectivity index (χ4v) is 0.929. The van der Waals surface area contributed by atoms with Gasteiger partial charge in [-0.2, -0.15) is 0 Å². The zero-order valence-electron chi connectivity index (χ0n) is 5.54. The van der Waals surface area contributed by atoms with Crippen molar-refractivity contribution in [3.63, 3.8) is 0 Å². The Morgan fingerprint density at radius 1 is 1.78 bits per heavy atom. The van der Waals surface area contributed by atoms with Crippen LogP contribution >= 0.6 is 0 Å². The molecule has 0 heterocycles. The van der Waals surface area contributed by atoms with Crippen molar-refractivity contribution in [3.8, 4) is 0 Å². The van der Waals surface area contributed by atoms with Crippen molar-refractivity contribution in [3.05, 3.63) is 0 Å². The highest BCUT2D eigenvalue weighted by Crippen LogP contribution is 2.36. The summed E-state index contributed by atoms with van der Waals surface area (Å²) in [4.78, 5) is 0. The lowest BCUT2D eigenvalue weighted by Crippen LogP contribution is -2.22. The second-order valence-electron chi connectivity index (χ2n) is 2.65.